The summed E-state index contributed by atoms with van der Waals surface area (Å²) in [6, 6.07) is 0. The highest BCUT2D eigenvalue weighted by atomic mass is 16.6. The van der Waals surface area contributed by atoms with Crippen LogP contribution in [0, 0.1) is 0 Å². The van der Waals surface area contributed by atoms with Gasteiger partial charge >= 0.3 is 17.9 Å². The maximum absolute atomic E-state index is 12.9. The van der Waals surface area contributed by atoms with Crippen molar-refractivity contribution < 1.29 is 28.6 Å². The molecule has 0 saturated heterocycles. The first-order valence-corrected chi connectivity index (χ1v) is 34.1. The molecule has 0 N–H and O–H groups in total. The highest BCUT2D eigenvalue weighted by Gasteiger charge is 2.19. The topological polar surface area (TPSA) is 78.9 Å². The van der Waals surface area contributed by atoms with Crippen LogP contribution in [0.2, 0.25) is 0 Å². The number of carbonyl (C=O) groups excluding carboxylic acids is 3. The van der Waals surface area contributed by atoms with E-state index in [0.717, 1.165) is 96.3 Å². The summed E-state index contributed by atoms with van der Waals surface area (Å²) in [6.07, 6.45) is 83.1. The zero-order valence-corrected chi connectivity index (χ0v) is 51.7. The molecule has 0 aliphatic rings. The molecule has 6 heteroatoms. The van der Waals surface area contributed by atoms with Crippen molar-refractivity contribution in [2.45, 2.75) is 374 Å². The third-order valence-electron chi connectivity index (χ3n) is 15.3. The molecule has 0 amide bonds. The first-order valence-electron chi connectivity index (χ1n) is 34.1. The molecule has 6 nitrogen and oxygen atoms in total. The van der Waals surface area contributed by atoms with Crippen molar-refractivity contribution in [3.05, 3.63) is 48.6 Å². The van der Waals surface area contributed by atoms with Gasteiger partial charge in [0.25, 0.3) is 0 Å². The molecule has 0 saturated carbocycles. The van der Waals surface area contributed by atoms with Gasteiger partial charge in [0.15, 0.2) is 6.10 Å². The van der Waals surface area contributed by atoms with Crippen LogP contribution in [-0.4, -0.2) is 37.2 Å². The Morgan fingerprint density at radius 3 is 0.792 bits per heavy atom. The Balaban J connectivity index is 4.02. The van der Waals surface area contributed by atoms with Gasteiger partial charge in [0.2, 0.25) is 0 Å². The van der Waals surface area contributed by atoms with Crippen LogP contribution in [0.1, 0.15) is 367 Å². The van der Waals surface area contributed by atoms with Gasteiger partial charge in [-0.15, -0.1) is 0 Å². The number of unbranched alkanes of at least 4 members (excludes halogenated alkanes) is 44. The number of carbonyl (C=O) groups is 3. The maximum Gasteiger partial charge on any atom is 0.306 e. The van der Waals surface area contributed by atoms with E-state index in [9.17, 15) is 14.4 Å². The lowest BCUT2D eigenvalue weighted by Crippen LogP contribution is -2.30. The van der Waals surface area contributed by atoms with Crippen molar-refractivity contribution in [3.63, 3.8) is 0 Å². The van der Waals surface area contributed by atoms with Gasteiger partial charge in [-0.1, -0.05) is 339 Å². The lowest BCUT2D eigenvalue weighted by atomic mass is 10.0. The average Bonchev–Trinajstić information content (AvgIpc) is 3.43. The Bertz CT molecular complexity index is 1330. The van der Waals surface area contributed by atoms with Gasteiger partial charge < -0.3 is 14.2 Å². The smallest absolute Gasteiger partial charge is 0.306 e. The van der Waals surface area contributed by atoms with Crippen LogP contribution in [0.4, 0.5) is 0 Å². The van der Waals surface area contributed by atoms with Crippen LogP contribution in [0.5, 0.6) is 0 Å². The summed E-state index contributed by atoms with van der Waals surface area (Å²) in [4.78, 5) is 38.1. The lowest BCUT2D eigenvalue weighted by molar-refractivity contribution is -0.167. The fourth-order valence-corrected chi connectivity index (χ4v) is 10.3. The van der Waals surface area contributed by atoms with E-state index in [1.807, 2.05) is 0 Å². The van der Waals surface area contributed by atoms with E-state index in [1.165, 1.54) is 231 Å². The van der Waals surface area contributed by atoms with Crippen molar-refractivity contribution in [1.29, 1.82) is 0 Å². The molecule has 0 aliphatic heterocycles. The molecule has 77 heavy (non-hydrogen) atoms. The Morgan fingerprint density at radius 1 is 0.273 bits per heavy atom. The minimum absolute atomic E-state index is 0.0749. The van der Waals surface area contributed by atoms with Gasteiger partial charge in [-0.2, -0.15) is 0 Å². The summed E-state index contributed by atoms with van der Waals surface area (Å²) in [5.41, 5.74) is 0. The standard InChI is InChI=1S/C71H130O6/c1-4-7-10-13-16-19-21-23-25-27-29-30-31-32-33-34-35-36-37-38-39-40-41-43-44-46-48-50-52-55-58-61-64-70(73)76-67-68(66-75-69(72)63-60-57-54-18-15-12-9-6-3)77-71(74)65-62-59-56-53-51-49-47-45-42-28-26-24-22-20-17-14-11-8-5-2/h8,11,17,20,24,26,42,45,68H,4-7,9-10,12-16,18-19,21-23,25,27-41,43-44,46-67H2,1-3H3/b11-8-,20-17-,26-24-,45-42-. The number of allylic oxidation sites excluding steroid dienone is 8. The second-order valence-electron chi connectivity index (χ2n) is 23.1. The van der Waals surface area contributed by atoms with E-state index in [0.29, 0.717) is 19.3 Å². The largest absolute Gasteiger partial charge is 0.462 e. The predicted molar refractivity (Wildman–Crippen MR) is 335 cm³/mol. The van der Waals surface area contributed by atoms with Crippen LogP contribution in [-0.2, 0) is 28.6 Å². The Hall–Kier alpha value is -2.63. The summed E-state index contributed by atoms with van der Waals surface area (Å²) in [5.74, 6) is -0.874. The highest BCUT2D eigenvalue weighted by Crippen LogP contribution is 2.18. The number of ether oxygens (including phenoxy) is 3. The molecule has 0 aromatic heterocycles. The molecule has 0 aromatic carbocycles. The molecule has 1 unspecified atom stereocenters. The fraction of sp³-hybridized carbons (Fsp3) is 0.845. The number of hydrogen-bond acceptors (Lipinski definition) is 6. The molecule has 0 aliphatic carbocycles. The Labute approximate surface area is 479 Å². The first kappa shape index (κ1) is 74.4. The van der Waals surface area contributed by atoms with Crippen molar-refractivity contribution >= 4 is 17.9 Å². The van der Waals surface area contributed by atoms with E-state index in [4.69, 9.17) is 14.2 Å². The van der Waals surface area contributed by atoms with Crippen LogP contribution in [0.25, 0.3) is 0 Å². The lowest BCUT2D eigenvalue weighted by Gasteiger charge is -2.18. The molecule has 0 spiro atoms. The number of hydrogen-bond donors (Lipinski definition) is 0. The molecule has 0 rings (SSSR count). The molecular weight excluding hydrogens is 949 g/mol. The number of esters is 3. The molecular formula is C71H130O6. The zero-order chi connectivity index (χ0) is 55.7. The molecule has 450 valence electrons. The molecule has 0 fully saturated rings. The maximum atomic E-state index is 12.9. The summed E-state index contributed by atoms with van der Waals surface area (Å²) in [5, 5.41) is 0. The molecule has 0 bridgehead atoms. The minimum Gasteiger partial charge on any atom is -0.462 e. The van der Waals surface area contributed by atoms with Gasteiger partial charge in [-0.3, -0.25) is 14.4 Å². The highest BCUT2D eigenvalue weighted by molar-refractivity contribution is 5.71. The molecule has 0 aromatic rings. The van der Waals surface area contributed by atoms with Gasteiger partial charge in [0, 0.05) is 19.3 Å². The summed E-state index contributed by atoms with van der Waals surface area (Å²) in [7, 11) is 0. The van der Waals surface area contributed by atoms with E-state index in [1.54, 1.807) is 0 Å². The van der Waals surface area contributed by atoms with E-state index in [2.05, 4.69) is 69.4 Å². The third kappa shape index (κ3) is 64.1. The fourth-order valence-electron chi connectivity index (χ4n) is 10.3. The van der Waals surface area contributed by atoms with Crippen molar-refractivity contribution in [2.75, 3.05) is 13.2 Å². The molecule has 0 radical (unpaired) electrons. The summed E-state index contributed by atoms with van der Waals surface area (Å²) in [6.45, 7) is 6.54. The van der Waals surface area contributed by atoms with Gasteiger partial charge in [-0.25, -0.2) is 0 Å². The Morgan fingerprint density at radius 2 is 0.506 bits per heavy atom. The van der Waals surface area contributed by atoms with Crippen LogP contribution >= 0.6 is 0 Å². The van der Waals surface area contributed by atoms with Gasteiger partial charge in [0.1, 0.15) is 13.2 Å². The zero-order valence-electron chi connectivity index (χ0n) is 51.7. The second kappa shape index (κ2) is 65.9. The molecule has 0 heterocycles. The van der Waals surface area contributed by atoms with E-state index < -0.39 is 6.10 Å². The third-order valence-corrected chi connectivity index (χ3v) is 15.3. The van der Waals surface area contributed by atoms with Crippen LogP contribution < -0.4 is 0 Å². The second-order valence-corrected chi connectivity index (χ2v) is 23.1. The van der Waals surface area contributed by atoms with Crippen molar-refractivity contribution in [2.24, 2.45) is 0 Å². The normalized spacial score (nSPS) is 12.3. The number of rotatable bonds is 63. The Kier molecular flexibility index (Phi) is 63.6. The van der Waals surface area contributed by atoms with Gasteiger partial charge in [0.05, 0.1) is 0 Å². The summed E-state index contributed by atoms with van der Waals surface area (Å²) >= 11 is 0. The summed E-state index contributed by atoms with van der Waals surface area (Å²) < 4.78 is 16.9. The van der Waals surface area contributed by atoms with Gasteiger partial charge in [-0.05, 0) is 57.8 Å². The van der Waals surface area contributed by atoms with Crippen LogP contribution in [0.3, 0.4) is 0 Å². The van der Waals surface area contributed by atoms with E-state index >= 15 is 0 Å². The predicted octanol–water partition coefficient (Wildman–Crippen LogP) is 23.3. The van der Waals surface area contributed by atoms with E-state index in [-0.39, 0.29) is 31.1 Å². The monoisotopic (exact) mass is 1080 g/mol. The van der Waals surface area contributed by atoms with Crippen LogP contribution in [0.15, 0.2) is 48.6 Å². The quantitative estimate of drug-likeness (QED) is 0.0261. The molecule has 1 atom stereocenters. The van der Waals surface area contributed by atoms with Crippen molar-refractivity contribution in [1.82, 2.24) is 0 Å². The van der Waals surface area contributed by atoms with Crippen molar-refractivity contribution in [3.8, 4) is 0 Å². The first-order chi connectivity index (χ1) is 38.0. The average molecular weight is 1080 g/mol. The SMILES string of the molecule is CC/C=C\C/C=C\C/C=C\C/C=C\CCCCCCCCC(=O)OC(COC(=O)CCCCCCCCCC)COC(=O)CCCCCCCCCCCCCCCCCCCCCCCCCCCCCCCCCC. The minimum atomic E-state index is -0.777.